The van der Waals surface area contributed by atoms with Gasteiger partial charge < -0.3 is 5.11 Å². The first-order valence-corrected chi connectivity index (χ1v) is 10.7. The summed E-state index contributed by atoms with van der Waals surface area (Å²) in [6.45, 7) is 0. The first-order valence-electron chi connectivity index (χ1n) is 10.7. The number of halogens is 32. The Labute approximate surface area is 258 Å². The summed E-state index contributed by atoms with van der Waals surface area (Å²) in [5.41, 5.74) is 0. The van der Waals surface area contributed by atoms with Crippen LogP contribution < -0.4 is 0 Å². The standard InChI is InChI=1S/C17H2F32O3/c18-1(19)3(20,21)5(24,25)7(28,29)9(32,33)10(34,35)11(36,37)12(38,39)13(40,41)15(44,45)17(48,49)52-16(46,47)14(42,43)8(30,31)6(26,27)4(22,23)2(50)51/h1H,(H,50,51). The summed E-state index contributed by atoms with van der Waals surface area (Å²) in [5, 5.41) is 7.68. The molecule has 0 aromatic carbocycles. The van der Waals surface area contributed by atoms with E-state index in [0.717, 1.165) is 0 Å². The molecule has 0 aliphatic rings. The molecule has 0 bridgehead atoms. The largest absolute Gasteiger partial charge is 0.477 e. The number of carboxylic acids is 1. The molecule has 0 rings (SSSR count). The first kappa shape index (κ1) is 49.2. The van der Waals surface area contributed by atoms with Gasteiger partial charge in [-0.15, -0.1) is 0 Å². The molecular weight excluding hydrogens is 860 g/mol. The Morgan fingerprint density at radius 2 is 0.538 bits per heavy atom. The van der Waals surface area contributed by atoms with Crippen LogP contribution in [0.4, 0.5) is 140 Å². The zero-order chi connectivity index (χ0) is 43.4. The number of hydrogen-bond donors (Lipinski definition) is 1. The molecule has 35 heteroatoms. The van der Waals surface area contributed by atoms with Gasteiger partial charge in [-0.05, 0) is 0 Å². The van der Waals surface area contributed by atoms with Crippen molar-refractivity contribution in [2.75, 3.05) is 0 Å². The summed E-state index contributed by atoms with van der Waals surface area (Å²) in [7, 11) is 0. The van der Waals surface area contributed by atoms with Gasteiger partial charge in [0.15, 0.2) is 0 Å². The van der Waals surface area contributed by atoms with E-state index < -0.39 is 102 Å². The number of hydrogen-bond acceptors (Lipinski definition) is 2. The molecule has 0 aliphatic heterocycles. The number of rotatable bonds is 17. The number of aliphatic carboxylic acids is 1. The van der Waals surface area contributed by atoms with Gasteiger partial charge in [0.1, 0.15) is 0 Å². The van der Waals surface area contributed by atoms with Crippen LogP contribution in [0.1, 0.15) is 0 Å². The van der Waals surface area contributed by atoms with E-state index >= 15 is 0 Å². The zero-order valence-electron chi connectivity index (χ0n) is 21.9. The quantitative estimate of drug-likeness (QED) is 0.148. The summed E-state index contributed by atoms with van der Waals surface area (Å²) in [5.74, 6) is -125. The van der Waals surface area contributed by atoms with Crippen LogP contribution in [0.15, 0.2) is 0 Å². The molecule has 0 aromatic rings. The van der Waals surface area contributed by atoms with Crippen LogP contribution in [0.2, 0.25) is 0 Å². The molecule has 0 atom stereocenters. The summed E-state index contributed by atoms with van der Waals surface area (Å²) in [6.07, 6.45) is -24.9. The maximum Gasteiger partial charge on any atom is 0.430 e. The average Bonchev–Trinajstić information content (AvgIpc) is 2.90. The Balaban J connectivity index is 7.42. The lowest BCUT2D eigenvalue weighted by atomic mass is 9.86. The molecule has 0 radical (unpaired) electrons. The Morgan fingerprint density at radius 1 is 0.346 bits per heavy atom. The van der Waals surface area contributed by atoms with E-state index in [2.05, 4.69) is 0 Å². The van der Waals surface area contributed by atoms with Crippen molar-refractivity contribution in [3.63, 3.8) is 0 Å². The van der Waals surface area contributed by atoms with Gasteiger partial charge in [-0.1, -0.05) is 0 Å². The van der Waals surface area contributed by atoms with E-state index in [1.54, 1.807) is 0 Å². The van der Waals surface area contributed by atoms with Gasteiger partial charge in [0, 0.05) is 0 Å². The van der Waals surface area contributed by atoms with Crippen LogP contribution in [0.5, 0.6) is 0 Å². The Morgan fingerprint density at radius 3 is 0.750 bits per heavy atom. The number of carbonyl (C=O) groups is 1. The van der Waals surface area contributed by atoms with E-state index in [1.807, 2.05) is 0 Å². The third-order valence-corrected chi connectivity index (χ3v) is 5.89. The van der Waals surface area contributed by atoms with E-state index in [-0.39, 0.29) is 0 Å². The molecule has 312 valence electrons. The molecular formula is C17H2F32O3. The molecule has 1 N–H and O–H groups in total. The van der Waals surface area contributed by atoms with Gasteiger partial charge in [0.2, 0.25) is 0 Å². The lowest BCUT2D eigenvalue weighted by Crippen LogP contribution is -2.77. The highest BCUT2D eigenvalue weighted by atomic mass is 19.4. The Kier molecular flexibility index (Phi) is 11.4. The number of ether oxygens (including phenoxy) is 1. The smallest absolute Gasteiger partial charge is 0.430 e. The molecule has 0 spiro atoms. The molecule has 0 saturated heterocycles. The molecule has 0 heterocycles. The summed E-state index contributed by atoms with van der Waals surface area (Å²) >= 11 is 0. The molecule has 0 fully saturated rings. The molecule has 0 aromatic heterocycles. The van der Waals surface area contributed by atoms with Gasteiger partial charge in [-0.25, -0.2) is 18.3 Å². The Bertz CT molecular complexity index is 1320. The van der Waals surface area contributed by atoms with Crippen molar-refractivity contribution in [2.45, 2.75) is 95.6 Å². The van der Waals surface area contributed by atoms with Crippen molar-refractivity contribution in [1.82, 2.24) is 0 Å². The lowest BCUT2D eigenvalue weighted by molar-refractivity contribution is -0.526. The minimum atomic E-state index is -9.99. The molecule has 0 aliphatic carbocycles. The fourth-order valence-electron chi connectivity index (χ4n) is 2.71. The summed E-state index contributed by atoms with van der Waals surface area (Å²) < 4.78 is 426. The van der Waals surface area contributed by atoms with Crippen LogP contribution in [0.3, 0.4) is 0 Å². The van der Waals surface area contributed by atoms with E-state index in [1.165, 1.54) is 0 Å². The van der Waals surface area contributed by atoms with Crippen LogP contribution in [-0.2, 0) is 9.53 Å². The topological polar surface area (TPSA) is 46.5 Å². The van der Waals surface area contributed by atoms with E-state index in [4.69, 9.17) is 5.11 Å². The predicted molar refractivity (Wildman–Crippen MR) is 88.9 cm³/mol. The van der Waals surface area contributed by atoms with Crippen LogP contribution in [0.25, 0.3) is 0 Å². The highest BCUT2D eigenvalue weighted by Crippen LogP contribution is 2.67. The molecule has 0 unspecified atom stereocenters. The maximum absolute atomic E-state index is 13.7. The van der Waals surface area contributed by atoms with Crippen molar-refractivity contribution in [3.8, 4) is 0 Å². The van der Waals surface area contributed by atoms with Crippen molar-refractivity contribution in [3.05, 3.63) is 0 Å². The molecule has 3 nitrogen and oxygen atoms in total. The minimum absolute atomic E-state index is 0.576. The second kappa shape index (κ2) is 12.1. The Hall–Kier alpha value is -2.81. The highest BCUT2D eigenvalue weighted by Gasteiger charge is 2.99. The van der Waals surface area contributed by atoms with Crippen molar-refractivity contribution in [1.29, 1.82) is 0 Å². The molecule has 52 heavy (non-hydrogen) atoms. The zero-order valence-corrected chi connectivity index (χ0v) is 21.9. The van der Waals surface area contributed by atoms with Crippen molar-refractivity contribution < 1.29 is 155 Å². The SMILES string of the molecule is O=C(O)C(F)(F)C(F)(F)C(F)(F)C(F)(F)C(F)(F)OC(F)(F)C(F)(F)C(F)(F)C(F)(F)C(F)(F)C(F)(F)C(F)(F)C(F)(F)C(F)(F)C(F)(F)C(F)F. The van der Waals surface area contributed by atoms with Gasteiger partial charge in [-0.3, -0.25) is 0 Å². The molecule has 0 amide bonds. The monoisotopic (exact) mass is 862 g/mol. The molecule has 0 saturated carbocycles. The van der Waals surface area contributed by atoms with Crippen LogP contribution in [0, 0.1) is 0 Å². The normalized spacial score (nSPS) is 16.9. The van der Waals surface area contributed by atoms with Gasteiger partial charge in [0.05, 0.1) is 0 Å². The fourth-order valence-corrected chi connectivity index (χ4v) is 2.71. The fraction of sp³-hybridized carbons (Fsp3) is 0.941. The van der Waals surface area contributed by atoms with Gasteiger partial charge in [0.25, 0.3) is 0 Å². The van der Waals surface area contributed by atoms with E-state index in [0.29, 0.717) is 4.74 Å². The van der Waals surface area contributed by atoms with Crippen molar-refractivity contribution >= 4 is 5.97 Å². The van der Waals surface area contributed by atoms with Gasteiger partial charge in [-0.2, -0.15) is 132 Å². The van der Waals surface area contributed by atoms with E-state index in [9.17, 15) is 145 Å². The van der Waals surface area contributed by atoms with Crippen LogP contribution >= 0.6 is 0 Å². The van der Waals surface area contributed by atoms with Crippen molar-refractivity contribution in [2.24, 2.45) is 0 Å². The second-order valence-corrected chi connectivity index (χ2v) is 9.26. The predicted octanol–water partition coefficient (Wildman–Crippen LogP) is 9.80. The maximum atomic E-state index is 13.7. The number of alkyl halides is 32. The third-order valence-electron chi connectivity index (χ3n) is 5.89. The van der Waals surface area contributed by atoms with Gasteiger partial charge >= 0.3 is 102 Å². The minimum Gasteiger partial charge on any atom is -0.477 e. The first-order chi connectivity index (χ1) is 21.8. The summed E-state index contributed by atoms with van der Waals surface area (Å²) in [4.78, 5) is 9.94. The third kappa shape index (κ3) is 5.76. The lowest BCUT2D eigenvalue weighted by Gasteiger charge is -2.45. The average molecular weight is 862 g/mol. The van der Waals surface area contributed by atoms with Crippen LogP contribution in [-0.4, -0.2) is 107 Å². The second-order valence-electron chi connectivity index (χ2n) is 9.26. The highest BCUT2D eigenvalue weighted by molar-refractivity contribution is 5.77. The number of carboxylic acid groups (broad SMARTS) is 1. The summed E-state index contributed by atoms with van der Waals surface area (Å²) in [6, 6.07) is 0.